The highest BCUT2D eigenvalue weighted by Gasteiger charge is 2.16. The largest absolute Gasteiger partial charge is 0.338 e. The van der Waals surface area contributed by atoms with Gasteiger partial charge in [0, 0.05) is 49.7 Å². The molecule has 0 unspecified atom stereocenters. The van der Waals surface area contributed by atoms with Crippen LogP contribution in [-0.2, 0) is 0 Å². The molecule has 21 heavy (non-hydrogen) atoms. The number of aromatic nitrogens is 2. The lowest BCUT2D eigenvalue weighted by Gasteiger charge is -2.32. The number of rotatable bonds is 3. The van der Waals surface area contributed by atoms with Gasteiger partial charge < -0.3 is 9.80 Å². The summed E-state index contributed by atoms with van der Waals surface area (Å²) in [6, 6.07) is 7.43. The van der Waals surface area contributed by atoms with E-state index in [4.69, 9.17) is 0 Å². The van der Waals surface area contributed by atoms with Gasteiger partial charge in [-0.25, -0.2) is 9.97 Å². The van der Waals surface area contributed by atoms with Crippen molar-refractivity contribution in [3.63, 3.8) is 0 Å². The molecule has 0 atom stereocenters. The molecular weight excluding hydrogens is 264 g/mol. The average Bonchev–Trinajstić information content (AvgIpc) is 2.56. The number of anilines is 1. The van der Waals surface area contributed by atoms with Crippen molar-refractivity contribution in [3.8, 4) is 11.1 Å². The number of carbonyl (C=O) groups excluding carboxylic acids is 1. The molecule has 5 heteroatoms. The number of likely N-dealkylation sites (N-methyl/N-ethyl adjacent to an activating group) is 1. The molecule has 0 saturated carbocycles. The predicted molar refractivity (Wildman–Crippen MR) is 82.6 cm³/mol. The Bertz CT molecular complexity index is 601. The van der Waals surface area contributed by atoms with E-state index in [1.807, 2.05) is 24.5 Å². The molecule has 0 N–H and O–H groups in total. The van der Waals surface area contributed by atoms with Crippen molar-refractivity contribution in [2.75, 3.05) is 38.1 Å². The number of hydrogen-bond donors (Lipinski definition) is 0. The van der Waals surface area contributed by atoms with Crippen LogP contribution in [0.5, 0.6) is 0 Å². The first-order valence-corrected chi connectivity index (χ1v) is 7.07. The summed E-state index contributed by atoms with van der Waals surface area (Å²) in [6.45, 7) is 4.00. The third-order valence-electron chi connectivity index (χ3n) is 3.80. The molecule has 5 nitrogen and oxygen atoms in total. The number of aldehydes is 1. The second-order valence-electron chi connectivity index (χ2n) is 5.30. The Balaban J connectivity index is 1.75. The predicted octanol–water partition coefficient (Wildman–Crippen LogP) is 1.71. The van der Waals surface area contributed by atoms with Crippen LogP contribution in [0.25, 0.3) is 11.1 Å². The summed E-state index contributed by atoms with van der Waals surface area (Å²) in [5.74, 6) is 0.788. The fraction of sp³-hybridized carbons (Fsp3) is 0.312. The van der Waals surface area contributed by atoms with E-state index in [1.165, 1.54) is 0 Å². The molecule has 0 aliphatic carbocycles. The maximum atomic E-state index is 10.7. The molecule has 0 radical (unpaired) electrons. The molecule has 1 aliphatic rings. The summed E-state index contributed by atoms with van der Waals surface area (Å²) in [4.78, 5) is 24.1. The number of nitrogens with zero attached hydrogens (tertiary/aromatic N) is 4. The van der Waals surface area contributed by atoms with Gasteiger partial charge in [0.15, 0.2) is 0 Å². The zero-order valence-corrected chi connectivity index (χ0v) is 12.1. The monoisotopic (exact) mass is 282 g/mol. The quantitative estimate of drug-likeness (QED) is 0.802. The molecule has 0 bridgehead atoms. The van der Waals surface area contributed by atoms with Crippen LogP contribution in [0, 0.1) is 0 Å². The molecular formula is C16H18N4O. The Kier molecular flexibility index (Phi) is 3.92. The lowest BCUT2D eigenvalue weighted by atomic mass is 10.1. The van der Waals surface area contributed by atoms with Gasteiger partial charge in [0.05, 0.1) is 0 Å². The van der Waals surface area contributed by atoms with Gasteiger partial charge in [0.2, 0.25) is 5.95 Å². The normalized spacial score (nSPS) is 16.0. The minimum absolute atomic E-state index is 0.675. The fourth-order valence-corrected chi connectivity index (χ4v) is 2.39. The van der Waals surface area contributed by atoms with Crippen LogP contribution in [0.1, 0.15) is 10.4 Å². The summed E-state index contributed by atoms with van der Waals surface area (Å²) < 4.78 is 0. The van der Waals surface area contributed by atoms with Gasteiger partial charge in [-0.05, 0) is 12.6 Å². The lowest BCUT2D eigenvalue weighted by molar-refractivity contribution is 0.112. The van der Waals surface area contributed by atoms with Gasteiger partial charge in [-0.1, -0.05) is 24.3 Å². The molecule has 1 aliphatic heterocycles. The Morgan fingerprint density at radius 1 is 0.952 bits per heavy atom. The number of carbonyl (C=O) groups is 1. The summed E-state index contributed by atoms with van der Waals surface area (Å²) in [5, 5.41) is 0. The Morgan fingerprint density at radius 3 is 2.14 bits per heavy atom. The van der Waals surface area contributed by atoms with Crippen molar-refractivity contribution >= 4 is 12.2 Å². The molecule has 1 saturated heterocycles. The van der Waals surface area contributed by atoms with Crippen molar-refractivity contribution in [1.29, 1.82) is 0 Å². The number of piperazine rings is 1. The van der Waals surface area contributed by atoms with E-state index in [9.17, 15) is 4.79 Å². The minimum atomic E-state index is 0.675. The molecule has 0 amide bonds. The van der Waals surface area contributed by atoms with Crippen LogP contribution >= 0.6 is 0 Å². The molecule has 2 heterocycles. The van der Waals surface area contributed by atoms with Gasteiger partial charge in [-0.3, -0.25) is 4.79 Å². The first-order valence-electron chi connectivity index (χ1n) is 7.07. The van der Waals surface area contributed by atoms with Crippen LogP contribution in [0.15, 0.2) is 36.7 Å². The highest BCUT2D eigenvalue weighted by atomic mass is 16.1. The van der Waals surface area contributed by atoms with E-state index < -0.39 is 0 Å². The zero-order chi connectivity index (χ0) is 14.7. The van der Waals surface area contributed by atoms with Crippen LogP contribution in [-0.4, -0.2) is 54.4 Å². The van der Waals surface area contributed by atoms with E-state index in [-0.39, 0.29) is 0 Å². The summed E-state index contributed by atoms with van der Waals surface area (Å²) >= 11 is 0. The standard InChI is InChI=1S/C16H18N4O/c1-19-6-8-20(9-7-19)16-17-10-15(11-18-16)14-4-2-13(12-21)3-5-14/h2-5,10-12H,6-9H2,1H3. The first kappa shape index (κ1) is 13.7. The topological polar surface area (TPSA) is 49.3 Å². The van der Waals surface area contributed by atoms with Crippen LogP contribution in [0.2, 0.25) is 0 Å². The van der Waals surface area contributed by atoms with Crippen molar-refractivity contribution in [2.45, 2.75) is 0 Å². The van der Waals surface area contributed by atoms with E-state index in [1.54, 1.807) is 12.1 Å². The summed E-state index contributed by atoms with van der Waals surface area (Å²) in [6.07, 6.45) is 4.53. The SMILES string of the molecule is CN1CCN(c2ncc(-c3ccc(C=O)cc3)cn2)CC1. The Morgan fingerprint density at radius 2 is 1.57 bits per heavy atom. The maximum Gasteiger partial charge on any atom is 0.225 e. The molecule has 108 valence electrons. The van der Waals surface area contributed by atoms with Gasteiger partial charge in [0.25, 0.3) is 0 Å². The van der Waals surface area contributed by atoms with E-state index in [0.29, 0.717) is 5.56 Å². The second-order valence-corrected chi connectivity index (χ2v) is 5.30. The Hall–Kier alpha value is -2.27. The molecule has 1 aromatic heterocycles. The van der Waals surface area contributed by atoms with Crippen LogP contribution in [0.3, 0.4) is 0 Å². The Labute approximate surface area is 124 Å². The molecule has 1 fully saturated rings. The minimum Gasteiger partial charge on any atom is -0.338 e. The zero-order valence-electron chi connectivity index (χ0n) is 12.1. The third kappa shape index (κ3) is 3.08. The smallest absolute Gasteiger partial charge is 0.225 e. The first-order chi connectivity index (χ1) is 10.3. The fourth-order valence-electron chi connectivity index (χ4n) is 2.39. The second kappa shape index (κ2) is 6.01. The molecule has 3 rings (SSSR count). The van der Waals surface area contributed by atoms with E-state index in [2.05, 4.69) is 26.8 Å². The van der Waals surface area contributed by atoms with Crippen molar-refractivity contribution in [1.82, 2.24) is 14.9 Å². The van der Waals surface area contributed by atoms with Crippen molar-refractivity contribution < 1.29 is 4.79 Å². The van der Waals surface area contributed by atoms with Gasteiger partial charge in [-0.2, -0.15) is 0 Å². The average molecular weight is 282 g/mol. The highest BCUT2D eigenvalue weighted by Crippen LogP contribution is 2.19. The van der Waals surface area contributed by atoms with E-state index in [0.717, 1.165) is 49.5 Å². The van der Waals surface area contributed by atoms with Crippen LogP contribution < -0.4 is 4.90 Å². The highest BCUT2D eigenvalue weighted by molar-refractivity contribution is 5.76. The summed E-state index contributed by atoms with van der Waals surface area (Å²) in [5.41, 5.74) is 2.66. The van der Waals surface area contributed by atoms with Gasteiger partial charge >= 0.3 is 0 Å². The molecule has 1 aromatic carbocycles. The van der Waals surface area contributed by atoms with Gasteiger partial charge in [0.1, 0.15) is 6.29 Å². The number of hydrogen-bond acceptors (Lipinski definition) is 5. The lowest BCUT2D eigenvalue weighted by Crippen LogP contribution is -2.45. The molecule has 0 spiro atoms. The van der Waals surface area contributed by atoms with Crippen molar-refractivity contribution in [2.24, 2.45) is 0 Å². The van der Waals surface area contributed by atoms with Gasteiger partial charge in [-0.15, -0.1) is 0 Å². The van der Waals surface area contributed by atoms with E-state index >= 15 is 0 Å². The summed E-state index contributed by atoms with van der Waals surface area (Å²) in [7, 11) is 2.13. The van der Waals surface area contributed by atoms with Crippen LogP contribution in [0.4, 0.5) is 5.95 Å². The molecule has 2 aromatic rings. The number of benzene rings is 1. The third-order valence-corrected chi connectivity index (χ3v) is 3.80. The van der Waals surface area contributed by atoms with Crippen molar-refractivity contribution in [3.05, 3.63) is 42.2 Å². The maximum absolute atomic E-state index is 10.7.